The molecule has 5 nitrogen and oxygen atoms in total. The lowest BCUT2D eigenvalue weighted by atomic mass is 10.1. The van der Waals surface area contributed by atoms with Crippen molar-refractivity contribution >= 4 is 29.3 Å². The van der Waals surface area contributed by atoms with Crippen LogP contribution >= 0.6 is 11.3 Å². The number of hydrogen-bond acceptors (Lipinski definition) is 4. The third-order valence-electron chi connectivity index (χ3n) is 3.21. The van der Waals surface area contributed by atoms with Crippen molar-refractivity contribution in [3.8, 4) is 0 Å². The molecule has 1 aromatic heterocycles. The molecule has 0 aliphatic rings. The number of carboxylic acids is 1. The summed E-state index contributed by atoms with van der Waals surface area (Å²) in [6.45, 7) is 4.27. The number of carbonyl (C=O) groups excluding carboxylic acids is 1. The first-order valence-electron chi connectivity index (χ1n) is 6.96. The Bertz CT molecular complexity index is 506. The van der Waals surface area contributed by atoms with Crippen LogP contribution in [0.4, 0.5) is 0 Å². The van der Waals surface area contributed by atoms with E-state index in [9.17, 15) is 9.59 Å². The highest BCUT2D eigenvalue weighted by Gasteiger charge is 2.22. The maximum Gasteiger partial charge on any atom is 0.328 e. The molecular formula is C15H21NO4S. The second kappa shape index (κ2) is 8.59. The summed E-state index contributed by atoms with van der Waals surface area (Å²) in [6.07, 6.45) is 4.18. The van der Waals surface area contributed by atoms with Crippen molar-refractivity contribution in [2.45, 2.75) is 32.7 Å². The van der Waals surface area contributed by atoms with Gasteiger partial charge in [-0.05, 0) is 31.1 Å². The lowest BCUT2D eigenvalue weighted by Gasteiger charge is -2.29. The van der Waals surface area contributed by atoms with Crippen LogP contribution in [0.15, 0.2) is 18.2 Å². The first-order valence-corrected chi connectivity index (χ1v) is 7.77. The van der Waals surface area contributed by atoms with Crippen LogP contribution in [0.5, 0.6) is 0 Å². The molecule has 116 valence electrons. The first-order chi connectivity index (χ1) is 10.0. The molecule has 6 heteroatoms. The minimum atomic E-state index is -1.02. The van der Waals surface area contributed by atoms with Crippen LogP contribution in [0.1, 0.15) is 41.2 Å². The summed E-state index contributed by atoms with van der Waals surface area (Å²) < 4.78 is 0. The van der Waals surface area contributed by atoms with Crippen molar-refractivity contribution in [3.05, 3.63) is 28.0 Å². The van der Waals surface area contributed by atoms with Crippen molar-refractivity contribution in [1.82, 2.24) is 4.90 Å². The van der Waals surface area contributed by atoms with Crippen molar-refractivity contribution in [2.24, 2.45) is 0 Å². The predicted molar refractivity (Wildman–Crippen MR) is 83.5 cm³/mol. The fraction of sp³-hybridized carbons (Fsp3) is 0.467. The average molecular weight is 311 g/mol. The van der Waals surface area contributed by atoms with Crippen molar-refractivity contribution in [2.75, 3.05) is 13.2 Å². The van der Waals surface area contributed by atoms with Crippen LogP contribution in [-0.2, 0) is 4.79 Å². The van der Waals surface area contributed by atoms with E-state index in [1.165, 1.54) is 17.4 Å². The standard InChI is InChI=1S/C15H21NO4S/c1-3-11(4-2)16(9-10-17)15(20)13-7-5-12(21-13)6-8-14(18)19/h5-8,11,17H,3-4,9-10H2,1-2H3,(H,18,19). The summed E-state index contributed by atoms with van der Waals surface area (Å²) in [5.74, 6) is -1.13. The van der Waals surface area contributed by atoms with Gasteiger partial charge in [-0.1, -0.05) is 13.8 Å². The molecule has 0 saturated carbocycles. The Balaban J connectivity index is 2.91. The van der Waals surface area contributed by atoms with Gasteiger partial charge in [-0.15, -0.1) is 11.3 Å². The Morgan fingerprint density at radius 3 is 2.52 bits per heavy atom. The average Bonchev–Trinajstić information content (AvgIpc) is 2.93. The Morgan fingerprint density at radius 1 is 1.33 bits per heavy atom. The van der Waals surface area contributed by atoms with E-state index in [0.717, 1.165) is 18.9 Å². The number of rotatable bonds is 8. The van der Waals surface area contributed by atoms with Crippen LogP contribution in [0.3, 0.4) is 0 Å². The summed E-state index contributed by atoms with van der Waals surface area (Å²) in [4.78, 5) is 26.0. The van der Waals surface area contributed by atoms with Gasteiger partial charge in [0.15, 0.2) is 0 Å². The molecule has 2 N–H and O–H groups in total. The zero-order valence-corrected chi connectivity index (χ0v) is 13.1. The second-order valence-electron chi connectivity index (χ2n) is 4.57. The lowest BCUT2D eigenvalue weighted by molar-refractivity contribution is -0.131. The zero-order chi connectivity index (χ0) is 15.8. The molecule has 1 rings (SSSR count). The maximum atomic E-state index is 12.5. The third kappa shape index (κ3) is 4.99. The van der Waals surface area contributed by atoms with Gasteiger partial charge in [0.05, 0.1) is 11.5 Å². The van der Waals surface area contributed by atoms with E-state index in [-0.39, 0.29) is 18.6 Å². The molecule has 0 aliphatic heterocycles. The molecular weight excluding hydrogens is 290 g/mol. The molecule has 1 aromatic rings. The number of nitrogens with zero attached hydrogens (tertiary/aromatic N) is 1. The second-order valence-corrected chi connectivity index (χ2v) is 5.68. The molecule has 1 heterocycles. The first kappa shape index (κ1) is 17.4. The zero-order valence-electron chi connectivity index (χ0n) is 12.3. The molecule has 0 bridgehead atoms. The molecule has 0 radical (unpaired) electrons. The highest BCUT2D eigenvalue weighted by molar-refractivity contribution is 7.14. The van der Waals surface area contributed by atoms with Gasteiger partial charge in [0.25, 0.3) is 5.91 Å². The molecule has 0 atom stereocenters. The van der Waals surface area contributed by atoms with E-state index < -0.39 is 5.97 Å². The SMILES string of the molecule is CCC(CC)N(CCO)C(=O)c1ccc(C=CC(=O)O)s1. The number of aliphatic hydroxyl groups is 1. The lowest BCUT2D eigenvalue weighted by Crippen LogP contribution is -2.41. The molecule has 0 unspecified atom stereocenters. The van der Waals surface area contributed by atoms with Crippen LogP contribution < -0.4 is 0 Å². The number of thiophene rings is 1. The summed E-state index contributed by atoms with van der Waals surface area (Å²) in [7, 11) is 0. The number of carboxylic acid groups (broad SMARTS) is 1. The number of hydrogen-bond donors (Lipinski definition) is 2. The third-order valence-corrected chi connectivity index (χ3v) is 4.25. The number of carbonyl (C=O) groups is 2. The van der Waals surface area contributed by atoms with Crippen molar-refractivity contribution < 1.29 is 19.8 Å². The normalized spacial score (nSPS) is 11.2. The highest BCUT2D eigenvalue weighted by atomic mass is 32.1. The molecule has 21 heavy (non-hydrogen) atoms. The Morgan fingerprint density at radius 2 is 2.00 bits per heavy atom. The summed E-state index contributed by atoms with van der Waals surface area (Å²) in [5.41, 5.74) is 0. The van der Waals surface area contributed by atoms with Crippen LogP contribution in [0.25, 0.3) is 6.08 Å². The fourth-order valence-electron chi connectivity index (χ4n) is 2.14. The predicted octanol–water partition coefficient (Wildman–Crippen LogP) is 2.47. The van der Waals surface area contributed by atoms with Crippen molar-refractivity contribution in [3.63, 3.8) is 0 Å². The molecule has 0 fully saturated rings. The van der Waals surface area contributed by atoms with Gasteiger partial charge in [0.2, 0.25) is 0 Å². The monoisotopic (exact) mass is 311 g/mol. The topological polar surface area (TPSA) is 77.8 Å². The van der Waals surface area contributed by atoms with Crippen molar-refractivity contribution in [1.29, 1.82) is 0 Å². The molecule has 1 amide bonds. The van der Waals surface area contributed by atoms with Gasteiger partial charge < -0.3 is 15.1 Å². The Labute approximate surface area is 128 Å². The minimum absolute atomic E-state index is 0.0701. The van der Waals surface area contributed by atoms with E-state index in [2.05, 4.69) is 0 Å². The molecule has 0 spiro atoms. The summed E-state index contributed by atoms with van der Waals surface area (Å²) in [5, 5.41) is 17.8. The fourth-order valence-corrected chi connectivity index (χ4v) is 3.01. The Hall–Kier alpha value is -1.66. The van der Waals surface area contributed by atoms with Crippen LogP contribution in [0.2, 0.25) is 0 Å². The van der Waals surface area contributed by atoms with Gasteiger partial charge in [0, 0.05) is 23.5 Å². The van der Waals surface area contributed by atoms with Crippen LogP contribution in [0, 0.1) is 0 Å². The van der Waals surface area contributed by atoms with Gasteiger partial charge in [-0.3, -0.25) is 4.79 Å². The van der Waals surface area contributed by atoms with E-state index in [1.54, 1.807) is 17.0 Å². The largest absolute Gasteiger partial charge is 0.478 e. The quantitative estimate of drug-likeness (QED) is 0.723. The van der Waals surface area contributed by atoms with Crippen LogP contribution in [-0.4, -0.2) is 46.2 Å². The maximum absolute atomic E-state index is 12.5. The van der Waals surface area contributed by atoms with Gasteiger partial charge in [0.1, 0.15) is 0 Å². The number of aliphatic hydroxyl groups excluding tert-OH is 1. The summed E-state index contributed by atoms with van der Waals surface area (Å²) >= 11 is 1.25. The molecule has 0 aromatic carbocycles. The van der Waals surface area contributed by atoms with E-state index >= 15 is 0 Å². The van der Waals surface area contributed by atoms with E-state index in [0.29, 0.717) is 16.3 Å². The molecule has 0 saturated heterocycles. The number of aliphatic carboxylic acids is 1. The molecule has 0 aliphatic carbocycles. The Kier molecular flexibility index (Phi) is 7.11. The highest BCUT2D eigenvalue weighted by Crippen LogP contribution is 2.22. The van der Waals surface area contributed by atoms with Gasteiger partial charge in [-0.25, -0.2) is 4.79 Å². The smallest absolute Gasteiger partial charge is 0.328 e. The van der Waals surface area contributed by atoms with E-state index in [1.807, 2.05) is 13.8 Å². The van der Waals surface area contributed by atoms with Gasteiger partial charge in [-0.2, -0.15) is 0 Å². The minimum Gasteiger partial charge on any atom is -0.478 e. The van der Waals surface area contributed by atoms with E-state index in [4.69, 9.17) is 10.2 Å². The summed E-state index contributed by atoms with van der Waals surface area (Å²) in [6, 6.07) is 3.52. The van der Waals surface area contributed by atoms with Gasteiger partial charge >= 0.3 is 5.97 Å². The number of amides is 1.